The molecule has 0 fully saturated rings. The van der Waals surface area contributed by atoms with Crippen molar-refractivity contribution in [3.63, 3.8) is 0 Å². The van der Waals surface area contributed by atoms with E-state index in [4.69, 9.17) is 14.2 Å². The van der Waals surface area contributed by atoms with Gasteiger partial charge >= 0.3 is 5.97 Å². The minimum absolute atomic E-state index is 0.446. The summed E-state index contributed by atoms with van der Waals surface area (Å²) in [6, 6.07) is 22.5. The molecule has 1 atom stereocenters. The highest BCUT2D eigenvalue weighted by atomic mass is 16.6. The largest absolute Gasteiger partial charge is 0.473 e. The maximum Gasteiger partial charge on any atom is 0.350 e. The van der Waals surface area contributed by atoms with Crippen molar-refractivity contribution in [3.8, 4) is 5.75 Å². The maximum atomic E-state index is 12.8. The molecule has 1 unspecified atom stereocenters. The molecule has 5 nitrogen and oxygen atoms in total. The van der Waals surface area contributed by atoms with Crippen LogP contribution < -0.4 is 4.74 Å². The number of pyridine rings is 1. The van der Waals surface area contributed by atoms with Crippen LogP contribution in [0.3, 0.4) is 0 Å². The third-order valence-electron chi connectivity index (χ3n) is 4.40. The molecular formula is C22H21NO4. The van der Waals surface area contributed by atoms with E-state index in [2.05, 4.69) is 4.98 Å². The summed E-state index contributed by atoms with van der Waals surface area (Å²) in [7, 11) is 2.89. The average molecular weight is 363 g/mol. The number of esters is 1. The third-order valence-corrected chi connectivity index (χ3v) is 4.40. The number of methoxy groups -OCH3 is 2. The molecule has 1 heterocycles. The zero-order valence-corrected chi connectivity index (χ0v) is 15.2. The van der Waals surface area contributed by atoms with Crippen molar-refractivity contribution < 1.29 is 19.0 Å². The van der Waals surface area contributed by atoms with Gasteiger partial charge in [-0.1, -0.05) is 60.7 Å². The molecule has 3 rings (SSSR count). The summed E-state index contributed by atoms with van der Waals surface area (Å²) in [4.78, 5) is 16.9. The molecule has 0 saturated carbocycles. The van der Waals surface area contributed by atoms with Crippen molar-refractivity contribution >= 4 is 5.97 Å². The Morgan fingerprint density at radius 1 is 0.889 bits per heavy atom. The predicted molar refractivity (Wildman–Crippen MR) is 101 cm³/mol. The van der Waals surface area contributed by atoms with Crippen molar-refractivity contribution in [2.75, 3.05) is 14.2 Å². The van der Waals surface area contributed by atoms with E-state index in [1.54, 1.807) is 31.6 Å². The molecule has 2 aromatic carbocycles. The molecule has 0 saturated heterocycles. The number of nitrogens with zero attached hydrogens (tertiary/aromatic N) is 1. The number of carbonyl (C=O) groups excluding carboxylic acids is 1. The second-order valence-electron chi connectivity index (χ2n) is 5.88. The number of ether oxygens (including phenoxy) is 3. The quantitative estimate of drug-likeness (QED) is 0.601. The average Bonchev–Trinajstić information content (AvgIpc) is 2.75. The van der Waals surface area contributed by atoms with E-state index in [1.165, 1.54) is 7.11 Å². The second-order valence-corrected chi connectivity index (χ2v) is 5.88. The summed E-state index contributed by atoms with van der Waals surface area (Å²) in [6.07, 6.45) is 2.10. The molecule has 138 valence electrons. The highest BCUT2D eigenvalue weighted by molar-refractivity contribution is 5.78. The van der Waals surface area contributed by atoms with E-state index in [1.807, 2.05) is 60.7 Å². The molecule has 5 heteroatoms. The molecule has 0 aliphatic heterocycles. The number of carbonyl (C=O) groups is 1. The van der Waals surface area contributed by atoms with Crippen LogP contribution >= 0.6 is 0 Å². The van der Waals surface area contributed by atoms with Crippen LogP contribution in [0, 0.1) is 0 Å². The molecular weight excluding hydrogens is 342 g/mol. The Morgan fingerprint density at radius 2 is 1.48 bits per heavy atom. The Kier molecular flexibility index (Phi) is 5.84. The second kappa shape index (κ2) is 8.47. The predicted octanol–water partition coefficient (Wildman–Crippen LogP) is 3.59. The van der Waals surface area contributed by atoms with Gasteiger partial charge in [0.15, 0.2) is 5.60 Å². The Balaban J connectivity index is 2.20. The lowest BCUT2D eigenvalue weighted by molar-refractivity contribution is -0.163. The smallest absolute Gasteiger partial charge is 0.350 e. The van der Waals surface area contributed by atoms with Crippen molar-refractivity contribution in [1.82, 2.24) is 4.98 Å². The summed E-state index contributed by atoms with van der Waals surface area (Å²) >= 11 is 0. The molecule has 0 N–H and O–H groups in total. The van der Waals surface area contributed by atoms with Crippen LogP contribution in [0.2, 0.25) is 0 Å². The van der Waals surface area contributed by atoms with Gasteiger partial charge in [-0.3, -0.25) is 4.98 Å². The minimum Gasteiger partial charge on any atom is -0.473 e. The molecule has 0 amide bonds. The van der Waals surface area contributed by atoms with E-state index >= 15 is 0 Å². The first-order valence-electron chi connectivity index (χ1n) is 8.53. The van der Waals surface area contributed by atoms with Gasteiger partial charge in [-0.05, 0) is 23.3 Å². The van der Waals surface area contributed by atoms with E-state index in [9.17, 15) is 4.79 Å². The summed E-state index contributed by atoms with van der Waals surface area (Å²) in [5.41, 5.74) is 0.349. The molecule has 0 bridgehead atoms. The number of benzene rings is 2. The monoisotopic (exact) mass is 363 g/mol. The van der Waals surface area contributed by atoms with Crippen LogP contribution in [-0.2, 0) is 19.9 Å². The van der Waals surface area contributed by atoms with Gasteiger partial charge in [0.05, 0.1) is 13.3 Å². The van der Waals surface area contributed by atoms with E-state index in [0.29, 0.717) is 5.75 Å². The zero-order valence-electron chi connectivity index (χ0n) is 15.2. The van der Waals surface area contributed by atoms with E-state index in [0.717, 1.165) is 11.1 Å². The fraction of sp³-hybridized carbons (Fsp3) is 0.182. The van der Waals surface area contributed by atoms with Gasteiger partial charge in [-0.2, -0.15) is 0 Å². The normalized spacial score (nSPS) is 12.2. The van der Waals surface area contributed by atoms with Crippen LogP contribution in [-0.4, -0.2) is 31.3 Å². The van der Waals surface area contributed by atoms with Gasteiger partial charge in [-0.15, -0.1) is 0 Å². The summed E-state index contributed by atoms with van der Waals surface area (Å²) in [5, 5.41) is 0. The maximum absolute atomic E-state index is 12.8. The zero-order chi connectivity index (χ0) is 19.1. The lowest BCUT2D eigenvalue weighted by Crippen LogP contribution is -2.51. The van der Waals surface area contributed by atoms with Crippen molar-refractivity contribution in [2.45, 2.75) is 11.7 Å². The van der Waals surface area contributed by atoms with Crippen LogP contribution in [0.25, 0.3) is 0 Å². The summed E-state index contributed by atoms with van der Waals surface area (Å²) in [6.45, 7) is 0. The van der Waals surface area contributed by atoms with Crippen LogP contribution in [0.4, 0.5) is 0 Å². The van der Waals surface area contributed by atoms with Gasteiger partial charge in [-0.25, -0.2) is 4.79 Å². The first kappa shape index (κ1) is 18.6. The molecule has 0 spiro atoms. The van der Waals surface area contributed by atoms with Crippen molar-refractivity contribution in [3.05, 3.63) is 96.3 Å². The Bertz CT molecular complexity index is 814. The van der Waals surface area contributed by atoms with Crippen LogP contribution in [0.1, 0.15) is 11.1 Å². The SMILES string of the molecule is COC(=O)C(Oc1cccnc1)C(OC)(c1ccccc1)c1ccccc1. The number of rotatable bonds is 7. The van der Waals surface area contributed by atoms with Crippen molar-refractivity contribution in [2.24, 2.45) is 0 Å². The van der Waals surface area contributed by atoms with Crippen molar-refractivity contribution in [1.29, 1.82) is 0 Å². The van der Waals surface area contributed by atoms with E-state index in [-0.39, 0.29) is 0 Å². The number of hydrogen-bond donors (Lipinski definition) is 0. The Hall–Kier alpha value is -3.18. The first-order chi connectivity index (χ1) is 13.2. The third kappa shape index (κ3) is 3.68. The summed E-state index contributed by atoms with van der Waals surface area (Å²) in [5.74, 6) is -0.102. The Morgan fingerprint density at radius 3 is 1.93 bits per heavy atom. The fourth-order valence-corrected chi connectivity index (χ4v) is 3.14. The molecule has 0 radical (unpaired) electrons. The standard InChI is InChI=1S/C22H21NO4/c1-25-21(24)20(27-19-14-9-15-23-16-19)22(26-2,17-10-5-3-6-11-17)18-12-7-4-8-13-18/h3-16,20H,1-2H3. The van der Waals surface area contributed by atoms with Crippen LogP contribution in [0.5, 0.6) is 5.75 Å². The minimum atomic E-state index is -1.20. The van der Waals surface area contributed by atoms with Crippen LogP contribution in [0.15, 0.2) is 85.2 Å². The van der Waals surface area contributed by atoms with Gasteiger partial charge in [0.1, 0.15) is 5.75 Å². The number of hydrogen-bond acceptors (Lipinski definition) is 5. The topological polar surface area (TPSA) is 57.7 Å². The number of aromatic nitrogens is 1. The molecule has 27 heavy (non-hydrogen) atoms. The lowest BCUT2D eigenvalue weighted by atomic mass is 9.81. The van der Waals surface area contributed by atoms with Gasteiger partial charge in [0.2, 0.25) is 6.10 Å². The van der Waals surface area contributed by atoms with Gasteiger partial charge < -0.3 is 14.2 Å². The molecule has 3 aromatic rings. The van der Waals surface area contributed by atoms with Gasteiger partial charge in [0, 0.05) is 13.3 Å². The highest BCUT2D eigenvalue weighted by Crippen LogP contribution is 2.39. The molecule has 1 aromatic heterocycles. The summed E-state index contributed by atoms with van der Waals surface area (Å²) < 4.78 is 17.2. The lowest BCUT2D eigenvalue weighted by Gasteiger charge is -2.38. The Labute approximate surface area is 158 Å². The van der Waals surface area contributed by atoms with Gasteiger partial charge in [0.25, 0.3) is 0 Å². The molecule has 0 aliphatic carbocycles. The first-order valence-corrected chi connectivity index (χ1v) is 8.53. The van der Waals surface area contributed by atoms with E-state index < -0.39 is 17.7 Å². The fourth-order valence-electron chi connectivity index (χ4n) is 3.14. The molecule has 0 aliphatic rings. The highest BCUT2D eigenvalue weighted by Gasteiger charge is 2.49.